The fourth-order valence-electron chi connectivity index (χ4n) is 1.67. The second-order valence-corrected chi connectivity index (χ2v) is 4.54. The van der Waals surface area contributed by atoms with Crippen molar-refractivity contribution in [2.24, 2.45) is 5.92 Å². The van der Waals surface area contributed by atoms with Gasteiger partial charge in [0.2, 0.25) is 0 Å². The van der Waals surface area contributed by atoms with Crippen LogP contribution in [0.1, 0.15) is 13.8 Å². The van der Waals surface area contributed by atoms with Crippen LogP contribution in [-0.2, 0) is 16.1 Å². The molecule has 0 spiro atoms. The third-order valence-corrected chi connectivity index (χ3v) is 2.65. The summed E-state index contributed by atoms with van der Waals surface area (Å²) in [5.41, 5.74) is 0. The second kappa shape index (κ2) is 7.13. The number of carbonyl (C=O) groups excluding carboxylic acids is 1. The van der Waals surface area contributed by atoms with Crippen LogP contribution in [0.3, 0.4) is 0 Å². The molecule has 1 heterocycles. The Hall–Kier alpha value is -1.40. The van der Waals surface area contributed by atoms with Crippen molar-refractivity contribution in [3.8, 4) is 0 Å². The average Bonchev–Trinajstić information content (AvgIpc) is 2.81. The number of aliphatic hydroxyl groups excluding tert-OH is 1. The lowest BCUT2D eigenvalue weighted by Crippen LogP contribution is -2.45. The van der Waals surface area contributed by atoms with E-state index >= 15 is 0 Å². The van der Waals surface area contributed by atoms with Gasteiger partial charge in [-0.1, -0.05) is 13.8 Å². The normalized spacial score (nSPS) is 14.5. The molecule has 6 heteroatoms. The van der Waals surface area contributed by atoms with Crippen LogP contribution in [0.5, 0.6) is 0 Å². The molecule has 18 heavy (non-hydrogen) atoms. The van der Waals surface area contributed by atoms with Crippen molar-refractivity contribution in [3.63, 3.8) is 0 Å². The monoisotopic (exact) mass is 255 g/mol. The number of methoxy groups -OCH3 is 1. The van der Waals surface area contributed by atoms with E-state index in [0.29, 0.717) is 13.1 Å². The molecule has 0 amide bonds. The zero-order chi connectivity index (χ0) is 13.5. The van der Waals surface area contributed by atoms with Crippen molar-refractivity contribution < 1.29 is 14.6 Å². The van der Waals surface area contributed by atoms with E-state index in [2.05, 4.69) is 10.4 Å². The molecule has 1 aromatic rings. The van der Waals surface area contributed by atoms with Gasteiger partial charge in [0, 0.05) is 18.9 Å². The first kappa shape index (κ1) is 14.7. The Morgan fingerprint density at radius 3 is 2.78 bits per heavy atom. The van der Waals surface area contributed by atoms with Crippen molar-refractivity contribution in [2.75, 3.05) is 13.7 Å². The van der Waals surface area contributed by atoms with Crippen LogP contribution in [0.25, 0.3) is 0 Å². The predicted molar refractivity (Wildman–Crippen MR) is 66.9 cm³/mol. The highest BCUT2D eigenvalue weighted by molar-refractivity contribution is 5.75. The minimum atomic E-state index is -0.601. The van der Waals surface area contributed by atoms with Crippen LogP contribution >= 0.6 is 0 Å². The number of carbonyl (C=O) groups is 1. The van der Waals surface area contributed by atoms with Crippen LogP contribution in [0.2, 0.25) is 0 Å². The third kappa shape index (κ3) is 4.46. The summed E-state index contributed by atoms with van der Waals surface area (Å²) in [6.45, 7) is 4.56. The van der Waals surface area contributed by atoms with Gasteiger partial charge in [-0.2, -0.15) is 5.10 Å². The molecule has 0 aliphatic carbocycles. The fraction of sp³-hybridized carbons (Fsp3) is 0.667. The summed E-state index contributed by atoms with van der Waals surface area (Å²) in [4.78, 5) is 11.5. The number of ether oxygens (including phenoxy) is 1. The molecule has 1 rings (SSSR count). The maximum absolute atomic E-state index is 11.5. The number of esters is 1. The average molecular weight is 255 g/mol. The third-order valence-electron chi connectivity index (χ3n) is 2.65. The van der Waals surface area contributed by atoms with E-state index in [-0.39, 0.29) is 11.9 Å². The maximum Gasteiger partial charge on any atom is 0.323 e. The number of aromatic nitrogens is 2. The summed E-state index contributed by atoms with van der Waals surface area (Å²) in [6, 6.07) is 1.40. The molecule has 0 saturated heterocycles. The number of hydrogen-bond donors (Lipinski definition) is 2. The van der Waals surface area contributed by atoms with Gasteiger partial charge >= 0.3 is 5.97 Å². The van der Waals surface area contributed by atoms with E-state index in [1.807, 2.05) is 13.8 Å². The van der Waals surface area contributed by atoms with Gasteiger partial charge in [0.25, 0.3) is 0 Å². The molecule has 2 unspecified atom stereocenters. The number of nitrogens with one attached hydrogen (secondary N) is 1. The molecule has 0 fully saturated rings. The molecule has 6 nitrogen and oxygen atoms in total. The van der Waals surface area contributed by atoms with Gasteiger partial charge in [-0.05, 0) is 12.0 Å². The molecule has 102 valence electrons. The van der Waals surface area contributed by atoms with Crippen molar-refractivity contribution in [1.29, 1.82) is 0 Å². The van der Waals surface area contributed by atoms with Gasteiger partial charge in [-0.3, -0.25) is 9.48 Å². The first-order valence-electron chi connectivity index (χ1n) is 6.01. The van der Waals surface area contributed by atoms with Crippen molar-refractivity contribution >= 4 is 5.97 Å². The number of rotatable bonds is 7. The molecule has 0 aromatic carbocycles. The Morgan fingerprint density at radius 1 is 1.56 bits per heavy atom. The molecule has 2 N–H and O–H groups in total. The van der Waals surface area contributed by atoms with E-state index in [0.717, 1.165) is 0 Å². The molecular weight excluding hydrogens is 234 g/mol. The zero-order valence-corrected chi connectivity index (χ0v) is 11.0. The minimum absolute atomic E-state index is 0.106. The van der Waals surface area contributed by atoms with Crippen LogP contribution in [0, 0.1) is 5.92 Å². The number of hydrogen-bond acceptors (Lipinski definition) is 5. The molecule has 0 aliphatic heterocycles. The number of aliphatic hydroxyl groups is 1. The van der Waals surface area contributed by atoms with Gasteiger partial charge in [0.15, 0.2) is 0 Å². The summed E-state index contributed by atoms with van der Waals surface area (Å²) in [6.07, 6.45) is 2.84. The highest BCUT2D eigenvalue weighted by Crippen LogP contribution is 2.03. The quantitative estimate of drug-likeness (QED) is 0.672. The first-order valence-corrected chi connectivity index (χ1v) is 6.01. The van der Waals surface area contributed by atoms with E-state index in [9.17, 15) is 9.90 Å². The standard InChI is InChI=1S/C12H21N3O3/c1-9(2)11(12(17)18-3)13-7-10(16)8-15-6-4-5-14-15/h4-6,9-11,13,16H,7-8H2,1-3H3. The Balaban J connectivity index is 2.39. The van der Waals surface area contributed by atoms with E-state index in [1.54, 1.807) is 23.1 Å². The summed E-state index contributed by atoms with van der Waals surface area (Å²) < 4.78 is 6.36. The van der Waals surface area contributed by atoms with Gasteiger partial charge < -0.3 is 15.2 Å². The SMILES string of the molecule is COC(=O)C(NCC(O)Cn1cccn1)C(C)C. The summed E-state index contributed by atoms with van der Waals surface area (Å²) in [5, 5.41) is 16.9. The first-order chi connectivity index (χ1) is 8.54. The van der Waals surface area contributed by atoms with Crippen LogP contribution in [0.4, 0.5) is 0 Å². The highest BCUT2D eigenvalue weighted by atomic mass is 16.5. The van der Waals surface area contributed by atoms with E-state index in [1.165, 1.54) is 7.11 Å². The highest BCUT2D eigenvalue weighted by Gasteiger charge is 2.23. The molecule has 0 bridgehead atoms. The predicted octanol–water partition coefficient (Wildman–Crippen LogP) is 0.0312. The molecule has 0 aliphatic rings. The van der Waals surface area contributed by atoms with Crippen molar-refractivity contribution in [3.05, 3.63) is 18.5 Å². The van der Waals surface area contributed by atoms with Crippen LogP contribution in [-0.4, -0.2) is 46.7 Å². The van der Waals surface area contributed by atoms with Gasteiger partial charge in [0.05, 0.1) is 19.8 Å². The fourth-order valence-corrected chi connectivity index (χ4v) is 1.67. The lowest BCUT2D eigenvalue weighted by Gasteiger charge is -2.21. The molecule has 0 radical (unpaired) electrons. The Labute approximate surface area is 107 Å². The van der Waals surface area contributed by atoms with Crippen LogP contribution in [0.15, 0.2) is 18.5 Å². The Bertz CT molecular complexity index is 351. The summed E-state index contributed by atoms with van der Waals surface area (Å²) >= 11 is 0. The van der Waals surface area contributed by atoms with Crippen molar-refractivity contribution in [1.82, 2.24) is 15.1 Å². The van der Waals surface area contributed by atoms with E-state index in [4.69, 9.17) is 4.74 Å². The largest absolute Gasteiger partial charge is 0.468 e. The maximum atomic E-state index is 11.5. The summed E-state index contributed by atoms with van der Waals surface area (Å²) in [5.74, 6) is -0.203. The lowest BCUT2D eigenvalue weighted by atomic mass is 10.0. The Kier molecular flexibility index (Phi) is 5.80. The van der Waals surface area contributed by atoms with Crippen molar-refractivity contribution in [2.45, 2.75) is 32.5 Å². The van der Waals surface area contributed by atoms with Gasteiger partial charge in [-0.25, -0.2) is 0 Å². The Morgan fingerprint density at radius 2 is 2.28 bits per heavy atom. The molecule has 0 saturated carbocycles. The van der Waals surface area contributed by atoms with E-state index < -0.39 is 12.1 Å². The second-order valence-electron chi connectivity index (χ2n) is 4.54. The van der Waals surface area contributed by atoms with Gasteiger partial charge in [0.1, 0.15) is 6.04 Å². The lowest BCUT2D eigenvalue weighted by molar-refractivity contribution is -0.144. The molecule has 2 atom stereocenters. The summed E-state index contributed by atoms with van der Waals surface area (Å²) in [7, 11) is 1.36. The van der Waals surface area contributed by atoms with Crippen LogP contribution < -0.4 is 5.32 Å². The topological polar surface area (TPSA) is 76.4 Å². The molecular formula is C12H21N3O3. The minimum Gasteiger partial charge on any atom is -0.468 e. The van der Waals surface area contributed by atoms with Gasteiger partial charge in [-0.15, -0.1) is 0 Å². The smallest absolute Gasteiger partial charge is 0.323 e. The number of nitrogens with zero attached hydrogens (tertiary/aromatic N) is 2. The molecule has 1 aromatic heterocycles. The zero-order valence-electron chi connectivity index (χ0n) is 11.0.